The molecule has 0 aromatic heterocycles. The van der Waals surface area contributed by atoms with Crippen molar-refractivity contribution in [1.82, 2.24) is 5.48 Å². The first-order chi connectivity index (χ1) is 4.45. The number of urea groups is 1. The molecule has 0 bridgehead atoms. The van der Waals surface area contributed by atoms with Crippen molar-refractivity contribution in [3.63, 3.8) is 0 Å². The molecule has 0 aromatic carbocycles. The Hall–Kier alpha value is -0.940. The minimum Gasteiger partial charge on any atom is -0.385 e. The molecule has 0 atom stereocenters. The van der Waals surface area contributed by atoms with E-state index in [0.29, 0.717) is 0 Å². The summed E-state index contributed by atoms with van der Waals surface area (Å²) in [5.74, 6) is 0. The van der Waals surface area contributed by atoms with Crippen molar-refractivity contribution >= 4 is 12.2 Å². The molecule has 0 spiro atoms. The van der Waals surface area contributed by atoms with Gasteiger partial charge in [0.25, 0.3) is 0 Å². The maximum atomic E-state index is 10.2. The summed E-state index contributed by atoms with van der Waals surface area (Å²) in [6, 6.07) is -0.901. The Morgan fingerprint density at radius 2 is 2.20 bits per heavy atom. The maximum Gasteiger partial charge on any atom is 0.364 e. The van der Waals surface area contributed by atoms with Gasteiger partial charge in [-0.1, -0.05) is 0 Å². The fourth-order valence-electron chi connectivity index (χ4n) is 0.245. The summed E-state index contributed by atoms with van der Waals surface area (Å²) in [6.07, 6.45) is 1.03. The predicted molar refractivity (Wildman–Crippen MR) is 35.1 cm³/mol. The molecule has 0 saturated heterocycles. The summed E-state index contributed by atoms with van der Waals surface area (Å²) in [4.78, 5) is 13.3. The van der Waals surface area contributed by atoms with Gasteiger partial charge in [0.05, 0.1) is 5.60 Å². The van der Waals surface area contributed by atoms with Crippen LogP contribution in [-0.2, 0) is 0 Å². The number of carbonyl (C=O) groups excluding carboxylic acids is 1. The van der Waals surface area contributed by atoms with Crippen molar-refractivity contribution in [3.05, 3.63) is 0 Å². The van der Waals surface area contributed by atoms with Gasteiger partial charge in [0.2, 0.25) is 0 Å². The third kappa shape index (κ3) is 5.20. The van der Waals surface area contributed by atoms with Gasteiger partial charge >= 0.3 is 6.03 Å². The Balaban J connectivity index is 3.88. The SMILES string of the molecule is CC(C)(O)C=NC(=O)NO. The lowest BCUT2D eigenvalue weighted by Crippen LogP contribution is -2.23. The van der Waals surface area contributed by atoms with Crippen LogP contribution in [0.3, 0.4) is 0 Å². The number of hydrogen-bond donors (Lipinski definition) is 3. The first-order valence-corrected chi connectivity index (χ1v) is 2.67. The standard InChI is InChI=1S/C5H10N2O3/c1-5(2,9)3-6-4(8)7-10/h3,9-10H,1-2H3,(H,7,8). The number of nitrogens with one attached hydrogen (secondary N) is 1. The van der Waals surface area contributed by atoms with Crippen LogP contribution in [0.4, 0.5) is 4.79 Å². The van der Waals surface area contributed by atoms with Crippen LogP contribution < -0.4 is 5.48 Å². The molecule has 0 aliphatic heterocycles. The first-order valence-electron chi connectivity index (χ1n) is 2.67. The van der Waals surface area contributed by atoms with Gasteiger partial charge in [0.15, 0.2) is 0 Å². The second-order valence-electron chi connectivity index (χ2n) is 2.33. The number of rotatable bonds is 1. The number of hydrogen-bond acceptors (Lipinski definition) is 3. The van der Waals surface area contributed by atoms with E-state index in [1.807, 2.05) is 0 Å². The minimum absolute atomic E-state index is 0.901. The normalized spacial score (nSPS) is 12.0. The molecular weight excluding hydrogens is 136 g/mol. The molecule has 0 rings (SSSR count). The van der Waals surface area contributed by atoms with Crippen molar-refractivity contribution < 1.29 is 15.1 Å². The quantitative estimate of drug-likeness (QED) is 0.275. The summed E-state index contributed by atoms with van der Waals surface area (Å²) < 4.78 is 0. The van der Waals surface area contributed by atoms with E-state index in [0.717, 1.165) is 6.21 Å². The molecule has 0 saturated carbocycles. The highest BCUT2D eigenvalue weighted by Gasteiger charge is 2.07. The Kier molecular flexibility index (Phi) is 2.98. The molecule has 0 aromatic rings. The van der Waals surface area contributed by atoms with E-state index in [-0.39, 0.29) is 0 Å². The molecule has 58 valence electrons. The third-order valence-corrected chi connectivity index (χ3v) is 0.593. The Labute approximate surface area is 58.3 Å². The summed E-state index contributed by atoms with van der Waals surface area (Å²) in [6.45, 7) is 2.92. The van der Waals surface area contributed by atoms with Crippen LogP contribution >= 0.6 is 0 Å². The Bertz CT molecular complexity index is 147. The third-order valence-electron chi connectivity index (χ3n) is 0.593. The number of hydroxylamine groups is 1. The lowest BCUT2D eigenvalue weighted by atomic mass is 10.2. The number of nitrogens with zero attached hydrogens (tertiary/aromatic N) is 1. The van der Waals surface area contributed by atoms with Crippen LogP contribution in [0.1, 0.15) is 13.8 Å². The number of carbonyl (C=O) groups is 1. The highest BCUT2D eigenvalue weighted by molar-refractivity contribution is 5.85. The lowest BCUT2D eigenvalue weighted by molar-refractivity contribution is 0.156. The average Bonchev–Trinajstić information content (AvgIpc) is 1.81. The fourth-order valence-corrected chi connectivity index (χ4v) is 0.245. The molecule has 0 radical (unpaired) electrons. The largest absolute Gasteiger partial charge is 0.385 e. The van der Waals surface area contributed by atoms with Crippen molar-refractivity contribution in [3.8, 4) is 0 Å². The highest BCUT2D eigenvalue weighted by atomic mass is 16.5. The molecule has 10 heavy (non-hydrogen) atoms. The molecule has 0 unspecified atom stereocenters. The molecular formula is C5H10N2O3. The van der Waals surface area contributed by atoms with Gasteiger partial charge in [0.1, 0.15) is 0 Å². The Morgan fingerprint density at radius 3 is 2.50 bits per heavy atom. The van der Waals surface area contributed by atoms with Gasteiger partial charge in [-0.15, -0.1) is 0 Å². The molecule has 2 amide bonds. The molecule has 0 aliphatic rings. The molecule has 5 heteroatoms. The van der Waals surface area contributed by atoms with E-state index in [1.54, 1.807) is 0 Å². The van der Waals surface area contributed by atoms with E-state index < -0.39 is 11.6 Å². The summed E-state index contributed by atoms with van der Waals surface area (Å²) in [5.41, 5.74) is 0.157. The zero-order chi connectivity index (χ0) is 8.20. The average molecular weight is 146 g/mol. The van der Waals surface area contributed by atoms with Gasteiger partial charge in [-0.05, 0) is 13.8 Å². The van der Waals surface area contributed by atoms with Gasteiger partial charge in [-0.2, -0.15) is 0 Å². The number of aliphatic hydroxyl groups is 1. The van der Waals surface area contributed by atoms with E-state index in [2.05, 4.69) is 4.99 Å². The van der Waals surface area contributed by atoms with Crippen LogP contribution in [0.5, 0.6) is 0 Å². The zero-order valence-electron chi connectivity index (χ0n) is 5.83. The molecule has 5 nitrogen and oxygen atoms in total. The van der Waals surface area contributed by atoms with Gasteiger partial charge < -0.3 is 5.11 Å². The van der Waals surface area contributed by atoms with E-state index in [9.17, 15) is 4.79 Å². The molecule has 3 N–H and O–H groups in total. The molecule has 0 heterocycles. The van der Waals surface area contributed by atoms with Gasteiger partial charge in [0, 0.05) is 6.21 Å². The second kappa shape index (κ2) is 3.28. The van der Waals surface area contributed by atoms with Crippen LogP contribution in [0, 0.1) is 0 Å². The number of amides is 2. The van der Waals surface area contributed by atoms with Crippen molar-refractivity contribution in [2.75, 3.05) is 0 Å². The topological polar surface area (TPSA) is 81.9 Å². The molecule has 0 aliphatic carbocycles. The minimum atomic E-state index is -1.13. The zero-order valence-corrected chi connectivity index (χ0v) is 5.83. The van der Waals surface area contributed by atoms with Crippen LogP contribution in [0.2, 0.25) is 0 Å². The maximum absolute atomic E-state index is 10.2. The van der Waals surface area contributed by atoms with Crippen LogP contribution in [0.25, 0.3) is 0 Å². The highest BCUT2D eigenvalue weighted by Crippen LogP contribution is 1.94. The van der Waals surface area contributed by atoms with E-state index in [1.165, 1.54) is 19.3 Å². The van der Waals surface area contributed by atoms with Crippen molar-refractivity contribution in [1.29, 1.82) is 0 Å². The van der Waals surface area contributed by atoms with Crippen LogP contribution in [0.15, 0.2) is 4.99 Å². The van der Waals surface area contributed by atoms with Crippen LogP contribution in [-0.4, -0.2) is 28.2 Å². The van der Waals surface area contributed by atoms with E-state index >= 15 is 0 Å². The Morgan fingerprint density at radius 1 is 1.70 bits per heavy atom. The lowest BCUT2D eigenvalue weighted by Gasteiger charge is -2.07. The van der Waals surface area contributed by atoms with Crippen molar-refractivity contribution in [2.24, 2.45) is 4.99 Å². The monoisotopic (exact) mass is 146 g/mol. The first kappa shape index (κ1) is 9.06. The smallest absolute Gasteiger partial charge is 0.364 e. The van der Waals surface area contributed by atoms with Crippen molar-refractivity contribution in [2.45, 2.75) is 19.4 Å². The number of aliphatic imine (C=N–C) groups is 1. The summed E-state index contributed by atoms with van der Waals surface area (Å²) in [5, 5.41) is 16.9. The molecule has 0 fully saturated rings. The summed E-state index contributed by atoms with van der Waals surface area (Å²) >= 11 is 0. The fraction of sp³-hybridized carbons (Fsp3) is 0.600. The van der Waals surface area contributed by atoms with E-state index in [4.69, 9.17) is 10.3 Å². The second-order valence-corrected chi connectivity index (χ2v) is 2.33. The van der Waals surface area contributed by atoms with Gasteiger partial charge in [-0.25, -0.2) is 15.3 Å². The van der Waals surface area contributed by atoms with Gasteiger partial charge in [-0.3, -0.25) is 5.21 Å². The predicted octanol–water partition coefficient (Wildman–Crippen LogP) is -0.0731. The summed E-state index contributed by atoms with van der Waals surface area (Å²) in [7, 11) is 0.